The van der Waals surface area contributed by atoms with Gasteiger partial charge in [0.2, 0.25) is 5.56 Å². The summed E-state index contributed by atoms with van der Waals surface area (Å²) in [6.45, 7) is 8.33. The van der Waals surface area contributed by atoms with E-state index < -0.39 is 0 Å². The average molecular weight is 165 g/mol. The number of aromatic amines is 1. The van der Waals surface area contributed by atoms with E-state index >= 15 is 0 Å². The number of nitrogens with one attached hydrogen (secondary N) is 1. The smallest absolute Gasteiger partial charge is 0.248 e. The SMILES string of the molecule is Cc1c[nH]c(=O)cc1C(C)(C)C. The molecule has 1 rings (SSSR count). The number of rotatable bonds is 0. The van der Waals surface area contributed by atoms with Crippen LogP contribution in [0.1, 0.15) is 31.9 Å². The molecule has 0 fully saturated rings. The van der Waals surface area contributed by atoms with E-state index in [0.717, 1.165) is 11.1 Å². The second kappa shape index (κ2) is 2.77. The second-order valence-corrected chi connectivity index (χ2v) is 4.14. The Morgan fingerprint density at radius 1 is 1.33 bits per heavy atom. The van der Waals surface area contributed by atoms with Crippen molar-refractivity contribution in [1.82, 2.24) is 4.98 Å². The lowest BCUT2D eigenvalue weighted by Gasteiger charge is -2.20. The molecule has 0 atom stereocenters. The third kappa shape index (κ3) is 1.76. The lowest BCUT2D eigenvalue weighted by atomic mass is 9.85. The summed E-state index contributed by atoms with van der Waals surface area (Å²) >= 11 is 0. The number of aromatic nitrogens is 1. The minimum Gasteiger partial charge on any atom is -0.329 e. The van der Waals surface area contributed by atoms with Crippen LogP contribution in [0.5, 0.6) is 0 Å². The first-order valence-electron chi connectivity index (χ1n) is 4.11. The molecule has 0 amide bonds. The highest BCUT2D eigenvalue weighted by Crippen LogP contribution is 2.22. The molecule has 2 heteroatoms. The van der Waals surface area contributed by atoms with E-state index in [1.54, 1.807) is 12.3 Å². The highest BCUT2D eigenvalue weighted by molar-refractivity contribution is 5.28. The largest absolute Gasteiger partial charge is 0.329 e. The van der Waals surface area contributed by atoms with Gasteiger partial charge in [0.25, 0.3) is 0 Å². The Labute approximate surface area is 72.6 Å². The molecule has 0 saturated heterocycles. The molecule has 66 valence electrons. The van der Waals surface area contributed by atoms with Crippen molar-refractivity contribution in [3.63, 3.8) is 0 Å². The maximum absolute atomic E-state index is 11.0. The van der Waals surface area contributed by atoms with Crippen LogP contribution in [0.4, 0.5) is 0 Å². The highest BCUT2D eigenvalue weighted by atomic mass is 16.1. The van der Waals surface area contributed by atoms with Crippen LogP contribution in [0.15, 0.2) is 17.1 Å². The van der Waals surface area contributed by atoms with Crippen molar-refractivity contribution in [1.29, 1.82) is 0 Å². The Kier molecular flexibility index (Phi) is 2.09. The monoisotopic (exact) mass is 165 g/mol. The molecule has 1 heterocycles. The zero-order valence-electron chi connectivity index (χ0n) is 8.06. The summed E-state index contributed by atoms with van der Waals surface area (Å²) in [5, 5.41) is 0. The van der Waals surface area contributed by atoms with Gasteiger partial charge in [-0.2, -0.15) is 0 Å². The molecule has 12 heavy (non-hydrogen) atoms. The van der Waals surface area contributed by atoms with Crippen LogP contribution in [0.25, 0.3) is 0 Å². The van der Waals surface area contributed by atoms with E-state index in [0.29, 0.717) is 0 Å². The first kappa shape index (κ1) is 9.04. The van der Waals surface area contributed by atoms with Crippen LogP contribution in [-0.4, -0.2) is 4.98 Å². The predicted octanol–water partition coefficient (Wildman–Crippen LogP) is 1.98. The molecular formula is C10H15NO. The quantitative estimate of drug-likeness (QED) is 0.626. The van der Waals surface area contributed by atoms with Gasteiger partial charge in [0, 0.05) is 12.3 Å². The normalized spacial score (nSPS) is 11.7. The van der Waals surface area contributed by atoms with Crippen LogP contribution >= 0.6 is 0 Å². The number of hydrogen-bond acceptors (Lipinski definition) is 1. The molecule has 0 unspecified atom stereocenters. The van der Waals surface area contributed by atoms with Crippen molar-refractivity contribution in [2.45, 2.75) is 33.1 Å². The summed E-state index contributed by atoms with van der Waals surface area (Å²) in [5.41, 5.74) is 2.29. The third-order valence-corrected chi connectivity index (χ3v) is 1.94. The molecular weight excluding hydrogens is 150 g/mol. The van der Waals surface area contributed by atoms with E-state index in [1.165, 1.54) is 0 Å². The molecule has 0 saturated carbocycles. The summed E-state index contributed by atoms with van der Waals surface area (Å²) in [7, 11) is 0. The Hall–Kier alpha value is -1.05. The molecule has 0 aliphatic rings. The zero-order valence-corrected chi connectivity index (χ0v) is 8.06. The molecule has 0 bridgehead atoms. The molecule has 1 aromatic heterocycles. The average Bonchev–Trinajstić information content (AvgIpc) is 1.92. The molecule has 1 N–H and O–H groups in total. The first-order valence-corrected chi connectivity index (χ1v) is 4.11. The molecule has 1 aromatic rings. The molecule has 0 aliphatic carbocycles. The standard InChI is InChI=1S/C10H15NO/c1-7-6-11-9(12)5-8(7)10(2,3)4/h5-6H,1-4H3,(H,11,12). The number of pyridine rings is 1. The van der Waals surface area contributed by atoms with Gasteiger partial charge in [0.15, 0.2) is 0 Å². The van der Waals surface area contributed by atoms with Crippen LogP contribution in [0, 0.1) is 6.92 Å². The Morgan fingerprint density at radius 3 is 2.33 bits per heavy atom. The van der Waals surface area contributed by atoms with Crippen molar-refractivity contribution in [2.75, 3.05) is 0 Å². The summed E-state index contributed by atoms with van der Waals surface area (Å²) in [5.74, 6) is 0. The van der Waals surface area contributed by atoms with E-state index in [-0.39, 0.29) is 11.0 Å². The second-order valence-electron chi connectivity index (χ2n) is 4.14. The fourth-order valence-corrected chi connectivity index (χ4v) is 1.35. The summed E-state index contributed by atoms with van der Waals surface area (Å²) < 4.78 is 0. The number of H-pyrrole nitrogens is 1. The van der Waals surface area contributed by atoms with Gasteiger partial charge in [0.05, 0.1) is 0 Å². The number of hydrogen-bond donors (Lipinski definition) is 1. The first-order chi connectivity index (χ1) is 5.41. The van der Waals surface area contributed by atoms with Crippen molar-refractivity contribution in [3.8, 4) is 0 Å². The molecule has 0 aromatic carbocycles. The van der Waals surface area contributed by atoms with Crippen LogP contribution < -0.4 is 5.56 Å². The summed E-state index contributed by atoms with van der Waals surface area (Å²) in [6, 6.07) is 1.68. The van der Waals surface area contributed by atoms with Crippen LogP contribution in [-0.2, 0) is 5.41 Å². The maximum atomic E-state index is 11.0. The van der Waals surface area contributed by atoms with Crippen LogP contribution in [0.2, 0.25) is 0 Å². The molecule has 2 nitrogen and oxygen atoms in total. The van der Waals surface area contributed by atoms with E-state index in [1.807, 2.05) is 6.92 Å². The van der Waals surface area contributed by atoms with E-state index in [4.69, 9.17) is 0 Å². The van der Waals surface area contributed by atoms with Gasteiger partial charge < -0.3 is 4.98 Å². The van der Waals surface area contributed by atoms with Gasteiger partial charge in [-0.15, -0.1) is 0 Å². The van der Waals surface area contributed by atoms with Crippen molar-refractivity contribution >= 4 is 0 Å². The minimum absolute atomic E-state index is 0.0227. The van der Waals surface area contributed by atoms with E-state index in [9.17, 15) is 4.79 Å². The molecule has 0 radical (unpaired) electrons. The van der Waals surface area contributed by atoms with Crippen molar-refractivity contribution < 1.29 is 0 Å². The Bertz CT molecular complexity index is 330. The third-order valence-electron chi connectivity index (χ3n) is 1.94. The maximum Gasteiger partial charge on any atom is 0.248 e. The van der Waals surface area contributed by atoms with Crippen molar-refractivity contribution in [3.05, 3.63) is 33.7 Å². The Morgan fingerprint density at radius 2 is 1.92 bits per heavy atom. The Balaban J connectivity index is 3.33. The fourth-order valence-electron chi connectivity index (χ4n) is 1.35. The molecule has 0 spiro atoms. The lowest BCUT2D eigenvalue weighted by molar-refractivity contribution is 0.584. The zero-order chi connectivity index (χ0) is 9.35. The summed E-state index contributed by atoms with van der Waals surface area (Å²) in [6.07, 6.45) is 1.77. The van der Waals surface area contributed by atoms with Gasteiger partial charge in [0.1, 0.15) is 0 Å². The van der Waals surface area contributed by atoms with Gasteiger partial charge in [-0.05, 0) is 23.5 Å². The highest BCUT2D eigenvalue weighted by Gasteiger charge is 2.16. The van der Waals surface area contributed by atoms with Crippen LogP contribution in [0.3, 0.4) is 0 Å². The molecule has 0 aliphatic heterocycles. The minimum atomic E-state index is -0.0227. The summed E-state index contributed by atoms with van der Waals surface area (Å²) in [4.78, 5) is 13.7. The van der Waals surface area contributed by atoms with Gasteiger partial charge >= 0.3 is 0 Å². The predicted molar refractivity (Wildman–Crippen MR) is 50.5 cm³/mol. The van der Waals surface area contributed by atoms with Crippen molar-refractivity contribution in [2.24, 2.45) is 0 Å². The number of aryl methyl sites for hydroxylation is 1. The van der Waals surface area contributed by atoms with Gasteiger partial charge in [-0.3, -0.25) is 4.79 Å². The van der Waals surface area contributed by atoms with E-state index in [2.05, 4.69) is 25.8 Å². The van der Waals surface area contributed by atoms with Gasteiger partial charge in [-0.1, -0.05) is 20.8 Å². The fraction of sp³-hybridized carbons (Fsp3) is 0.500. The van der Waals surface area contributed by atoms with Gasteiger partial charge in [-0.25, -0.2) is 0 Å². The lowest BCUT2D eigenvalue weighted by Crippen LogP contribution is -2.17. The topological polar surface area (TPSA) is 32.9 Å².